The van der Waals surface area contributed by atoms with E-state index in [0.29, 0.717) is 11.3 Å². The molecule has 0 fully saturated rings. The van der Waals surface area contributed by atoms with E-state index < -0.39 is 0 Å². The van der Waals surface area contributed by atoms with Gasteiger partial charge in [-0.25, -0.2) is 4.39 Å². The van der Waals surface area contributed by atoms with Gasteiger partial charge in [0.25, 0.3) is 0 Å². The largest absolute Gasteiger partial charge is 0.322 e. The molecule has 0 saturated heterocycles. The molecule has 0 aliphatic carbocycles. The highest BCUT2D eigenvalue weighted by Crippen LogP contribution is 2.18. The maximum Gasteiger partial charge on any atom is 0.248 e. The third-order valence-electron chi connectivity index (χ3n) is 2.61. The highest BCUT2D eigenvalue weighted by Gasteiger charge is 2.02. The van der Waals surface area contributed by atoms with Crippen molar-refractivity contribution in [1.29, 1.82) is 0 Å². The molecule has 2 aromatic rings. The van der Waals surface area contributed by atoms with Crippen LogP contribution in [0.2, 0.25) is 0 Å². The first-order valence-electron chi connectivity index (χ1n) is 5.86. The highest BCUT2D eigenvalue weighted by molar-refractivity contribution is 7.12. The Bertz CT molecular complexity index is 631. The third kappa shape index (κ3) is 3.76. The molecule has 0 atom stereocenters. The maximum atomic E-state index is 12.9. The second-order valence-corrected chi connectivity index (χ2v) is 5.55. The van der Waals surface area contributed by atoms with Gasteiger partial charge in [-0.15, -0.1) is 11.3 Å². The first kappa shape index (κ1) is 13.5. The molecule has 1 aromatic carbocycles. The van der Waals surface area contributed by atoms with Crippen LogP contribution in [0.5, 0.6) is 0 Å². The standard InChI is InChI=1S/C15H14FNOS/c1-10-9-12(16)4-7-14(10)17-15(18)8-6-13-5-3-11(2)19-13/h3-9H,1-2H3,(H,17,18)/b8-6+. The van der Waals surface area contributed by atoms with Crippen molar-refractivity contribution < 1.29 is 9.18 Å². The summed E-state index contributed by atoms with van der Waals surface area (Å²) >= 11 is 1.62. The summed E-state index contributed by atoms with van der Waals surface area (Å²) in [5.74, 6) is -0.527. The number of carbonyl (C=O) groups is 1. The molecule has 0 spiro atoms. The van der Waals surface area contributed by atoms with E-state index in [4.69, 9.17) is 0 Å². The fourth-order valence-electron chi connectivity index (χ4n) is 1.64. The first-order chi connectivity index (χ1) is 9.04. The van der Waals surface area contributed by atoms with E-state index in [2.05, 4.69) is 5.32 Å². The number of carbonyl (C=O) groups excluding carboxylic acids is 1. The zero-order valence-electron chi connectivity index (χ0n) is 10.7. The van der Waals surface area contributed by atoms with Crippen LogP contribution in [0.4, 0.5) is 10.1 Å². The zero-order chi connectivity index (χ0) is 13.8. The van der Waals surface area contributed by atoms with Gasteiger partial charge in [-0.1, -0.05) is 0 Å². The number of benzene rings is 1. The number of nitrogens with one attached hydrogen (secondary N) is 1. The fourth-order valence-corrected chi connectivity index (χ4v) is 2.42. The smallest absolute Gasteiger partial charge is 0.248 e. The number of amides is 1. The first-order valence-corrected chi connectivity index (χ1v) is 6.68. The summed E-state index contributed by atoms with van der Waals surface area (Å²) in [4.78, 5) is 14.0. The summed E-state index contributed by atoms with van der Waals surface area (Å²) < 4.78 is 12.9. The zero-order valence-corrected chi connectivity index (χ0v) is 11.6. The van der Waals surface area contributed by atoms with Gasteiger partial charge in [-0.3, -0.25) is 4.79 Å². The second-order valence-electron chi connectivity index (χ2n) is 4.23. The van der Waals surface area contributed by atoms with Crippen molar-refractivity contribution in [3.05, 3.63) is 57.5 Å². The number of anilines is 1. The Balaban J connectivity index is 2.03. The SMILES string of the molecule is Cc1ccc(/C=C/C(=O)Nc2ccc(F)cc2C)s1. The number of hydrogen-bond acceptors (Lipinski definition) is 2. The molecular weight excluding hydrogens is 261 g/mol. The van der Waals surface area contributed by atoms with Gasteiger partial charge in [0.1, 0.15) is 5.82 Å². The van der Waals surface area contributed by atoms with Crippen molar-refractivity contribution >= 4 is 29.0 Å². The Hall–Kier alpha value is -1.94. The van der Waals surface area contributed by atoms with E-state index in [1.54, 1.807) is 30.4 Å². The predicted molar refractivity (Wildman–Crippen MR) is 77.9 cm³/mol. The molecule has 2 nitrogen and oxygen atoms in total. The number of rotatable bonds is 3. The molecule has 4 heteroatoms. The van der Waals surface area contributed by atoms with E-state index in [1.165, 1.54) is 23.1 Å². The summed E-state index contributed by atoms with van der Waals surface area (Å²) in [6.45, 7) is 3.77. The molecule has 98 valence electrons. The van der Waals surface area contributed by atoms with Gasteiger partial charge in [-0.2, -0.15) is 0 Å². The number of hydrogen-bond donors (Lipinski definition) is 1. The van der Waals surface area contributed by atoms with Gasteiger partial charge >= 0.3 is 0 Å². The molecule has 1 N–H and O–H groups in total. The lowest BCUT2D eigenvalue weighted by molar-refractivity contribution is -0.111. The molecule has 2 rings (SSSR count). The van der Waals surface area contributed by atoms with Crippen molar-refractivity contribution in [2.45, 2.75) is 13.8 Å². The van der Waals surface area contributed by atoms with Crippen molar-refractivity contribution in [1.82, 2.24) is 0 Å². The van der Waals surface area contributed by atoms with Crippen molar-refractivity contribution in [3.8, 4) is 0 Å². The Morgan fingerprint density at radius 1 is 1.26 bits per heavy atom. The molecule has 1 amide bonds. The predicted octanol–water partition coefficient (Wildman–Crippen LogP) is 4.16. The average molecular weight is 275 g/mol. The monoisotopic (exact) mass is 275 g/mol. The third-order valence-corrected chi connectivity index (χ3v) is 3.57. The van der Waals surface area contributed by atoms with Gasteiger partial charge in [0.05, 0.1) is 0 Å². The van der Waals surface area contributed by atoms with Crippen LogP contribution in [0, 0.1) is 19.7 Å². The van der Waals surface area contributed by atoms with Gasteiger partial charge in [0.15, 0.2) is 0 Å². The molecule has 0 radical (unpaired) electrons. The Morgan fingerprint density at radius 3 is 2.68 bits per heavy atom. The summed E-state index contributed by atoms with van der Waals surface area (Å²) in [6.07, 6.45) is 3.25. The Morgan fingerprint density at radius 2 is 2.05 bits per heavy atom. The average Bonchev–Trinajstić information content (AvgIpc) is 2.76. The molecule has 0 saturated carbocycles. The number of thiophene rings is 1. The van der Waals surface area contributed by atoms with Gasteiger partial charge in [0, 0.05) is 21.5 Å². The van der Waals surface area contributed by atoms with Gasteiger partial charge < -0.3 is 5.32 Å². The van der Waals surface area contributed by atoms with E-state index in [1.807, 2.05) is 19.1 Å². The van der Waals surface area contributed by atoms with Gasteiger partial charge in [-0.05, 0) is 55.8 Å². The topological polar surface area (TPSA) is 29.1 Å². The summed E-state index contributed by atoms with van der Waals surface area (Å²) in [7, 11) is 0. The van der Waals surface area contributed by atoms with Crippen LogP contribution in [-0.2, 0) is 4.79 Å². The Kier molecular flexibility index (Phi) is 4.12. The molecule has 0 aliphatic rings. The highest BCUT2D eigenvalue weighted by atomic mass is 32.1. The van der Waals surface area contributed by atoms with Gasteiger partial charge in [0.2, 0.25) is 5.91 Å². The lowest BCUT2D eigenvalue weighted by Gasteiger charge is -2.05. The van der Waals surface area contributed by atoms with E-state index in [-0.39, 0.29) is 11.7 Å². The van der Waals surface area contributed by atoms with Crippen molar-refractivity contribution in [2.75, 3.05) is 5.32 Å². The normalized spacial score (nSPS) is 10.9. The minimum Gasteiger partial charge on any atom is -0.322 e. The fraction of sp³-hybridized carbons (Fsp3) is 0.133. The summed E-state index contributed by atoms with van der Waals surface area (Å²) in [6, 6.07) is 8.25. The van der Waals surface area contributed by atoms with Crippen LogP contribution < -0.4 is 5.32 Å². The number of aryl methyl sites for hydroxylation is 2. The lowest BCUT2D eigenvalue weighted by atomic mass is 10.2. The van der Waals surface area contributed by atoms with Crippen LogP contribution in [0.25, 0.3) is 6.08 Å². The quantitative estimate of drug-likeness (QED) is 0.837. The van der Waals surface area contributed by atoms with Crippen molar-refractivity contribution in [2.24, 2.45) is 0 Å². The van der Waals surface area contributed by atoms with Crippen LogP contribution in [-0.4, -0.2) is 5.91 Å². The molecule has 1 heterocycles. The molecule has 0 aliphatic heterocycles. The molecule has 1 aromatic heterocycles. The van der Waals surface area contributed by atoms with E-state index in [9.17, 15) is 9.18 Å². The minimum atomic E-state index is -0.305. The Labute approximate surface area is 115 Å². The molecule has 0 unspecified atom stereocenters. The van der Waals surface area contributed by atoms with E-state index >= 15 is 0 Å². The van der Waals surface area contributed by atoms with Crippen LogP contribution in [0.3, 0.4) is 0 Å². The molecule has 19 heavy (non-hydrogen) atoms. The van der Waals surface area contributed by atoms with Crippen molar-refractivity contribution in [3.63, 3.8) is 0 Å². The molecule has 0 bridgehead atoms. The number of halogens is 1. The van der Waals surface area contributed by atoms with Crippen LogP contribution >= 0.6 is 11.3 Å². The lowest BCUT2D eigenvalue weighted by Crippen LogP contribution is -2.08. The minimum absolute atomic E-state index is 0.222. The molecular formula is C15H14FNOS. The van der Waals surface area contributed by atoms with E-state index in [0.717, 1.165) is 4.88 Å². The summed E-state index contributed by atoms with van der Waals surface area (Å²) in [5, 5.41) is 2.73. The summed E-state index contributed by atoms with van der Waals surface area (Å²) in [5.41, 5.74) is 1.33. The maximum absolute atomic E-state index is 12.9. The van der Waals surface area contributed by atoms with Crippen LogP contribution in [0.15, 0.2) is 36.4 Å². The van der Waals surface area contributed by atoms with Crippen LogP contribution in [0.1, 0.15) is 15.3 Å². The second kappa shape index (κ2) is 5.80.